The number of hydrogen-bond acceptors (Lipinski definition) is 3. The second-order valence-electron chi connectivity index (χ2n) is 5.72. The number of nitrogens with one attached hydrogen (secondary N) is 1. The van der Waals surface area contributed by atoms with E-state index in [1.807, 2.05) is 37.2 Å². The van der Waals surface area contributed by atoms with Gasteiger partial charge in [0, 0.05) is 31.4 Å². The molecule has 0 spiro atoms. The van der Waals surface area contributed by atoms with Gasteiger partial charge < -0.3 is 10.2 Å². The summed E-state index contributed by atoms with van der Waals surface area (Å²) in [6.45, 7) is 1.34. The summed E-state index contributed by atoms with van der Waals surface area (Å²) in [5.41, 5.74) is 1.63. The van der Waals surface area contributed by atoms with Gasteiger partial charge >= 0.3 is 0 Å². The van der Waals surface area contributed by atoms with E-state index < -0.39 is 0 Å². The van der Waals surface area contributed by atoms with Gasteiger partial charge in [-0.2, -0.15) is 0 Å². The highest BCUT2D eigenvalue weighted by Gasteiger charge is 2.21. The molecule has 0 bridgehead atoms. The molecule has 1 amide bonds. The summed E-state index contributed by atoms with van der Waals surface area (Å²) < 4.78 is 13.2. The summed E-state index contributed by atoms with van der Waals surface area (Å²) >= 11 is 0. The topological polar surface area (TPSA) is 45.2 Å². The van der Waals surface area contributed by atoms with Crippen molar-refractivity contribution in [2.75, 3.05) is 27.2 Å². The molecule has 1 heterocycles. The van der Waals surface area contributed by atoms with Crippen LogP contribution in [0.25, 0.3) is 0 Å². The zero-order valence-corrected chi connectivity index (χ0v) is 13.5. The molecule has 0 saturated carbocycles. The normalized spacial score (nSPS) is 12.2. The highest BCUT2D eigenvalue weighted by Crippen LogP contribution is 2.21. The van der Waals surface area contributed by atoms with Crippen molar-refractivity contribution in [1.29, 1.82) is 0 Å². The Bertz CT molecular complexity index is 614. The first kappa shape index (κ1) is 17.1. The van der Waals surface area contributed by atoms with Crippen LogP contribution < -0.4 is 5.32 Å². The molecular formula is C18H22FN3O. The Morgan fingerprint density at radius 3 is 2.57 bits per heavy atom. The Kier molecular flexibility index (Phi) is 6.23. The second-order valence-corrected chi connectivity index (χ2v) is 5.72. The van der Waals surface area contributed by atoms with Gasteiger partial charge in [-0.15, -0.1) is 0 Å². The number of likely N-dealkylation sites (N-methyl/N-ethyl adjacent to an activating group) is 1. The van der Waals surface area contributed by atoms with Gasteiger partial charge in [-0.1, -0.05) is 18.2 Å². The van der Waals surface area contributed by atoms with Crippen LogP contribution in [0.2, 0.25) is 0 Å². The third kappa shape index (κ3) is 5.45. The average molecular weight is 315 g/mol. The molecule has 2 rings (SSSR count). The number of carbonyl (C=O) groups excluding carboxylic acids is 1. The molecule has 0 aliphatic carbocycles. The van der Waals surface area contributed by atoms with E-state index in [2.05, 4.69) is 10.3 Å². The molecular weight excluding hydrogens is 293 g/mol. The first-order valence-electron chi connectivity index (χ1n) is 7.64. The number of benzene rings is 1. The molecule has 122 valence electrons. The van der Waals surface area contributed by atoms with Crippen LogP contribution in [0.15, 0.2) is 48.7 Å². The predicted octanol–water partition coefficient (Wildman–Crippen LogP) is 2.22. The van der Waals surface area contributed by atoms with E-state index in [9.17, 15) is 9.18 Å². The van der Waals surface area contributed by atoms with Gasteiger partial charge in [-0.05, 0) is 43.9 Å². The Morgan fingerprint density at radius 1 is 1.22 bits per heavy atom. The molecule has 1 unspecified atom stereocenters. The van der Waals surface area contributed by atoms with Crippen LogP contribution in [-0.4, -0.2) is 43.0 Å². The van der Waals surface area contributed by atoms with Crippen LogP contribution in [0.3, 0.4) is 0 Å². The highest BCUT2D eigenvalue weighted by molar-refractivity contribution is 5.83. The quantitative estimate of drug-likeness (QED) is 0.852. The van der Waals surface area contributed by atoms with Gasteiger partial charge in [-0.3, -0.25) is 9.78 Å². The van der Waals surface area contributed by atoms with Gasteiger partial charge in [0.05, 0.1) is 5.92 Å². The molecule has 0 aliphatic rings. The molecule has 2 aromatic rings. The molecule has 0 aliphatic heterocycles. The van der Waals surface area contributed by atoms with Gasteiger partial charge in [0.25, 0.3) is 0 Å². The van der Waals surface area contributed by atoms with Crippen LogP contribution in [0.1, 0.15) is 17.2 Å². The number of hydrogen-bond donors (Lipinski definition) is 1. The fourth-order valence-electron chi connectivity index (χ4n) is 2.31. The van der Waals surface area contributed by atoms with Crippen LogP contribution in [0.4, 0.5) is 4.39 Å². The molecule has 1 aromatic heterocycles. The maximum Gasteiger partial charge on any atom is 0.227 e. The summed E-state index contributed by atoms with van der Waals surface area (Å²) in [5, 5.41) is 2.95. The zero-order valence-electron chi connectivity index (χ0n) is 13.5. The van der Waals surface area contributed by atoms with Crippen molar-refractivity contribution < 1.29 is 9.18 Å². The van der Waals surface area contributed by atoms with Crippen molar-refractivity contribution in [1.82, 2.24) is 15.2 Å². The van der Waals surface area contributed by atoms with Gasteiger partial charge in [0.15, 0.2) is 0 Å². The summed E-state index contributed by atoms with van der Waals surface area (Å²) in [6.07, 6.45) is 2.20. The molecule has 1 atom stereocenters. The van der Waals surface area contributed by atoms with Gasteiger partial charge in [0.1, 0.15) is 5.82 Å². The number of nitrogens with zero attached hydrogens (tertiary/aromatic N) is 2. The molecule has 0 radical (unpaired) electrons. The number of amides is 1. The van der Waals surface area contributed by atoms with Crippen LogP contribution in [-0.2, 0) is 11.2 Å². The Balaban J connectivity index is 2.13. The number of rotatable bonds is 7. The highest BCUT2D eigenvalue weighted by atomic mass is 19.1. The minimum absolute atomic E-state index is 0.0656. The Morgan fingerprint density at radius 2 is 1.96 bits per heavy atom. The van der Waals surface area contributed by atoms with Crippen molar-refractivity contribution in [3.8, 4) is 0 Å². The maximum atomic E-state index is 13.2. The standard InChI is InChI=1S/C18H22FN3O/c1-22(2)12-11-21-18(23)17(13-16-5-3-4-10-20-16)14-6-8-15(19)9-7-14/h3-10,17H,11-13H2,1-2H3,(H,21,23). The average Bonchev–Trinajstić information content (AvgIpc) is 2.54. The molecule has 1 aromatic carbocycles. The lowest BCUT2D eigenvalue weighted by molar-refractivity contribution is -0.122. The van der Waals surface area contributed by atoms with Crippen molar-refractivity contribution in [3.63, 3.8) is 0 Å². The number of pyridine rings is 1. The van der Waals surface area contributed by atoms with Crippen molar-refractivity contribution in [2.45, 2.75) is 12.3 Å². The minimum Gasteiger partial charge on any atom is -0.354 e. The summed E-state index contributed by atoms with van der Waals surface area (Å²) in [4.78, 5) is 18.9. The lowest BCUT2D eigenvalue weighted by atomic mass is 9.93. The Hall–Kier alpha value is -2.27. The minimum atomic E-state index is -0.382. The second kappa shape index (κ2) is 8.39. The number of carbonyl (C=O) groups is 1. The molecule has 5 heteroatoms. The smallest absolute Gasteiger partial charge is 0.227 e. The van der Waals surface area contributed by atoms with E-state index in [0.717, 1.165) is 17.8 Å². The predicted molar refractivity (Wildman–Crippen MR) is 88.6 cm³/mol. The third-order valence-corrected chi connectivity index (χ3v) is 3.59. The lowest BCUT2D eigenvalue weighted by Crippen LogP contribution is -2.35. The number of halogens is 1. The first-order valence-corrected chi connectivity index (χ1v) is 7.64. The van der Waals surface area contributed by atoms with E-state index in [1.54, 1.807) is 18.3 Å². The van der Waals surface area contributed by atoms with Crippen LogP contribution in [0, 0.1) is 5.82 Å². The van der Waals surface area contributed by atoms with Gasteiger partial charge in [0.2, 0.25) is 5.91 Å². The van der Waals surface area contributed by atoms with E-state index in [4.69, 9.17) is 0 Å². The maximum absolute atomic E-state index is 13.2. The fraction of sp³-hybridized carbons (Fsp3) is 0.333. The fourth-order valence-corrected chi connectivity index (χ4v) is 2.31. The van der Waals surface area contributed by atoms with Crippen LogP contribution in [0.5, 0.6) is 0 Å². The van der Waals surface area contributed by atoms with E-state index in [-0.39, 0.29) is 17.6 Å². The van der Waals surface area contributed by atoms with Crippen molar-refractivity contribution in [3.05, 3.63) is 65.7 Å². The molecule has 0 saturated heterocycles. The molecule has 1 N–H and O–H groups in total. The monoisotopic (exact) mass is 315 g/mol. The summed E-state index contributed by atoms with van der Waals surface area (Å²) in [7, 11) is 3.91. The third-order valence-electron chi connectivity index (χ3n) is 3.59. The zero-order chi connectivity index (χ0) is 16.7. The summed E-state index contributed by atoms with van der Waals surface area (Å²) in [5.74, 6) is -0.755. The first-order chi connectivity index (χ1) is 11.1. The van der Waals surface area contributed by atoms with Gasteiger partial charge in [-0.25, -0.2) is 4.39 Å². The summed E-state index contributed by atoms with van der Waals surface area (Å²) in [6, 6.07) is 11.7. The SMILES string of the molecule is CN(C)CCNC(=O)C(Cc1ccccn1)c1ccc(F)cc1. The molecule has 23 heavy (non-hydrogen) atoms. The Labute approximate surface area is 136 Å². The van der Waals surface area contributed by atoms with E-state index >= 15 is 0 Å². The van der Waals surface area contributed by atoms with E-state index in [0.29, 0.717) is 13.0 Å². The van der Waals surface area contributed by atoms with Crippen molar-refractivity contribution >= 4 is 5.91 Å². The molecule has 0 fully saturated rings. The lowest BCUT2D eigenvalue weighted by Gasteiger charge is -2.18. The van der Waals surface area contributed by atoms with E-state index in [1.165, 1.54) is 12.1 Å². The largest absolute Gasteiger partial charge is 0.354 e. The number of aromatic nitrogens is 1. The van der Waals surface area contributed by atoms with Crippen LogP contribution >= 0.6 is 0 Å². The molecule has 4 nitrogen and oxygen atoms in total. The van der Waals surface area contributed by atoms with Crippen molar-refractivity contribution in [2.24, 2.45) is 0 Å².